The van der Waals surface area contributed by atoms with Crippen LogP contribution < -0.4 is 20.2 Å². The number of nitrogens with one attached hydrogen (secondary N) is 2. The summed E-state index contributed by atoms with van der Waals surface area (Å²) in [6.07, 6.45) is 0.822. The highest BCUT2D eigenvalue weighted by molar-refractivity contribution is 6.35. The molecule has 0 saturated carbocycles. The third kappa shape index (κ3) is 9.24. The average Bonchev–Trinajstić information content (AvgIpc) is 2.99. The third-order valence-electron chi connectivity index (χ3n) is 6.10. The van der Waals surface area contributed by atoms with Crippen molar-refractivity contribution >= 4 is 52.8 Å². The molecule has 2 amide bonds. The van der Waals surface area contributed by atoms with E-state index in [2.05, 4.69) is 15.8 Å². The average molecular weight is 625 g/mol. The van der Waals surface area contributed by atoms with E-state index in [0.717, 1.165) is 16.7 Å². The Morgan fingerprint density at radius 2 is 1.57 bits per heavy atom. The predicted molar refractivity (Wildman–Crippen MR) is 167 cm³/mol. The molecule has 0 aromatic heterocycles. The van der Waals surface area contributed by atoms with Crippen molar-refractivity contribution in [2.45, 2.75) is 32.1 Å². The molecule has 0 bridgehead atoms. The van der Waals surface area contributed by atoms with Crippen molar-refractivity contribution in [3.05, 3.63) is 129 Å². The molecule has 216 valence electrons. The number of carbonyl (C=O) groups excluding carboxylic acids is 2. The SMILES string of the molecule is C[C@@H](Oc1ccc(Cl)cc1Cl)C(=O)N[C@H](Cc1ccccc1)C(=O)N/N=C\c1ccc(OCc2ccccc2Cl)cc1. The molecule has 7 nitrogen and oxygen atoms in total. The van der Waals surface area contributed by atoms with Gasteiger partial charge in [0, 0.05) is 22.0 Å². The second-order valence-corrected chi connectivity index (χ2v) is 10.5. The first-order valence-electron chi connectivity index (χ1n) is 13.0. The zero-order valence-corrected chi connectivity index (χ0v) is 24.9. The number of amides is 2. The van der Waals surface area contributed by atoms with Crippen LogP contribution in [0.5, 0.6) is 11.5 Å². The fourth-order valence-corrected chi connectivity index (χ4v) is 4.48. The summed E-state index contributed by atoms with van der Waals surface area (Å²) in [6, 6.07) is 27.8. The van der Waals surface area contributed by atoms with Crippen molar-refractivity contribution in [2.24, 2.45) is 5.10 Å². The van der Waals surface area contributed by atoms with Crippen molar-refractivity contribution in [1.82, 2.24) is 10.7 Å². The van der Waals surface area contributed by atoms with Gasteiger partial charge in [0.2, 0.25) is 0 Å². The van der Waals surface area contributed by atoms with Crippen molar-refractivity contribution in [3.8, 4) is 11.5 Å². The van der Waals surface area contributed by atoms with Gasteiger partial charge in [-0.25, -0.2) is 5.43 Å². The fourth-order valence-electron chi connectivity index (χ4n) is 3.84. The highest BCUT2D eigenvalue weighted by Gasteiger charge is 2.25. The molecule has 2 N–H and O–H groups in total. The highest BCUT2D eigenvalue weighted by Crippen LogP contribution is 2.28. The van der Waals surface area contributed by atoms with E-state index >= 15 is 0 Å². The Kier molecular flexibility index (Phi) is 11.2. The van der Waals surface area contributed by atoms with E-state index in [1.165, 1.54) is 12.3 Å². The number of nitrogens with zero attached hydrogens (tertiary/aromatic N) is 1. The Morgan fingerprint density at radius 1 is 0.857 bits per heavy atom. The van der Waals surface area contributed by atoms with Crippen LogP contribution in [0.1, 0.15) is 23.6 Å². The lowest BCUT2D eigenvalue weighted by atomic mass is 10.1. The topological polar surface area (TPSA) is 89.0 Å². The van der Waals surface area contributed by atoms with Crippen LogP contribution in [0, 0.1) is 0 Å². The molecule has 4 aromatic carbocycles. The van der Waals surface area contributed by atoms with Gasteiger partial charge < -0.3 is 14.8 Å². The van der Waals surface area contributed by atoms with Crippen LogP contribution in [0.25, 0.3) is 0 Å². The maximum atomic E-state index is 13.1. The Bertz CT molecular complexity index is 1530. The van der Waals surface area contributed by atoms with Crippen molar-refractivity contribution < 1.29 is 19.1 Å². The first-order valence-corrected chi connectivity index (χ1v) is 14.2. The van der Waals surface area contributed by atoms with Gasteiger partial charge in [-0.15, -0.1) is 0 Å². The standard InChI is InChI=1S/C32H28Cl3N3O4/c1-21(42-30-16-13-25(33)18-28(30)35)31(39)37-29(17-22-7-3-2-4-8-22)32(40)38-36-19-23-11-14-26(15-12-23)41-20-24-9-5-6-10-27(24)34/h2-16,18-19,21,29H,17,20H2,1H3,(H,37,39)(H,38,40)/b36-19-/t21-,29-/m1/s1. The maximum absolute atomic E-state index is 13.1. The molecule has 2 atom stereocenters. The zero-order valence-electron chi connectivity index (χ0n) is 22.6. The summed E-state index contributed by atoms with van der Waals surface area (Å²) < 4.78 is 11.5. The number of carbonyl (C=O) groups is 2. The molecule has 0 aliphatic rings. The van der Waals surface area contributed by atoms with E-state index in [4.69, 9.17) is 44.3 Å². The van der Waals surface area contributed by atoms with E-state index in [9.17, 15) is 9.59 Å². The van der Waals surface area contributed by atoms with Gasteiger partial charge in [-0.3, -0.25) is 9.59 Å². The number of hydrazone groups is 1. The predicted octanol–water partition coefficient (Wildman–Crippen LogP) is 6.87. The van der Waals surface area contributed by atoms with Crippen LogP contribution >= 0.6 is 34.8 Å². The van der Waals surface area contributed by atoms with Crippen LogP contribution in [-0.4, -0.2) is 30.2 Å². The molecule has 0 radical (unpaired) electrons. The summed E-state index contributed by atoms with van der Waals surface area (Å²) in [4.78, 5) is 26.1. The second-order valence-electron chi connectivity index (χ2n) is 9.27. The van der Waals surface area contributed by atoms with Crippen LogP contribution in [0.3, 0.4) is 0 Å². The molecule has 4 aromatic rings. The maximum Gasteiger partial charge on any atom is 0.262 e. The minimum atomic E-state index is -0.933. The lowest BCUT2D eigenvalue weighted by Gasteiger charge is -2.21. The van der Waals surface area contributed by atoms with E-state index in [-0.39, 0.29) is 11.4 Å². The lowest BCUT2D eigenvalue weighted by molar-refractivity contribution is -0.132. The third-order valence-corrected chi connectivity index (χ3v) is 7.00. The van der Waals surface area contributed by atoms with Crippen molar-refractivity contribution in [2.75, 3.05) is 0 Å². The number of halogens is 3. The Labute approximate surface area is 259 Å². The largest absolute Gasteiger partial charge is 0.489 e. The summed E-state index contributed by atoms with van der Waals surface area (Å²) in [5.41, 5.74) is 5.02. The van der Waals surface area contributed by atoms with Gasteiger partial charge in [0.25, 0.3) is 11.8 Å². The first-order chi connectivity index (χ1) is 20.3. The fraction of sp³-hybridized carbons (Fsp3) is 0.156. The smallest absolute Gasteiger partial charge is 0.262 e. The number of hydrogen-bond acceptors (Lipinski definition) is 5. The van der Waals surface area contributed by atoms with E-state index in [1.807, 2.05) is 66.7 Å². The van der Waals surface area contributed by atoms with Gasteiger partial charge in [0.1, 0.15) is 24.1 Å². The number of ether oxygens (including phenoxy) is 2. The van der Waals surface area contributed by atoms with Gasteiger partial charge in [0.15, 0.2) is 6.10 Å². The minimum Gasteiger partial charge on any atom is -0.489 e. The van der Waals surface area contributed by atoms with Gasteiger partial charge in [0.05, 0.1) is 11.2 Å². The van der Waals surface area contributed by atoms with Crippen LogP contribution in [0.2, 0.25) is 15.1 Å². The summed E-state index contributed by atoms with van der Waals surface area (Å²) in [6.45, 7) is 1.91. The highest BCUT2D eigenvalue weighted by atomic mass is 35.5. The summed E-state index contributed by atoms with van der Waals surface area (Å²) in [7, 11) is 0. The molecule has 0 aliphatic carbocycles. The monoisotopic (exact) mass is 623 g/mol. The summed E-state index contributed by atoms with van der Waals surface area (Å²) in [5.74, 6) is -0.0102. The molecule has 42 heavy (non-hydrogen) atoms. The summed E-state index contributed by atoms with van der Waals surface area (Å²) in [5, 5.41) is 8.21. The van der Waals surface area contributed by atoms with E-state index in [1.54, 1.807) is 31.2 Å². The van der Waals surface area contributed by atoms with Crippen LogP contribution in [-0.2, 0) is 22.6 Å². The van der Waals surface area contributed by atoms with Gasteiger partial charge >= 0.3 is 0 Å². The van der Waals surface area contributed by atoms with E-state index < -0.39 is 24.0 Å². The molecule has 0 fully saturated rings. The molecule has 0 unspecified atom stereocenters. The van der Waals surface area contributed by atoms with Crippen LogP contribution in [0.4, 0.5) is 0 Å². The summed E-state index contributed by atoms with van der Waals surface area (Å²) >= 11 is 18.3. The quantitative estimate of drug-likeness (QED) is 0.133. The van der Waals surface area contributed by atoms with E-state index in [0.29, 0.717) is 28.2 Å². The molecule has 0 heterocycles. The van der Waals surface area contributed by atoms with Crippen LogP contribution in [0.15, 0.2) is 102 Å². The number of rotatable bonds is 12. The molecule has 10 heteroatoms. The minimum absolute atomic E-state index is 0.250. The van der Waals surface area contributed by atoms with Crippen molar-refractivity contribution in [3.63, 3.8) is 0 Å². The zero-order chi connectivity index (χ0) is 29.9. The van der Waals surface area contributed by atoms with Gasteiger partial charge in [-0.05, 0) is 66.6 Å². The van der Waals surface area contributed by atoms with Gasteiger partial charge in [-0.1, -0.05) is 83.3 Å². The molecule has 4 rings (SSSR count). The number of benzene rings is 4. The molecule has 0 spiro atoms. The first kappa shape index (κ1) is 30.9. The molecule has 0 aliphatic heterocycles. The van der Waals surface area contributed by atoms with Gasteiger partial charge in [-0.2, -0.15) is 5.10 Å². The molecule has 0 saturated heterocycles. The normalized spacial score (nSPS) is 12.4. The number of hydrogen-bond donors (Lipinski definition) is 2. The molecular formula is C32H28Cl3N3O4. The second kappa shape index (κ2) is 15.3. The Morgan fingerprint density at radius 3 is 2.29 bits per heavy atom. The van der Waals surface area contributed by atoms with Crippen molar-refractivity contribution in [1.29, 1.82) is 0 Å². The lowest BCUT2D eigenvalue weighted by Crippen LogP contribution is -2.50. The molecular weight excluding hydrogens is 597 g/mol. The Hall–Kier alpha value is -4.04. The Balaban J connectivity index is 1.35.